The Morgan fingerprint density at radius 1 is 1.27 bits per heavy atom. The first-order chi connectivity index (χ1) is 21.6. The molecule has 0 aliphatic carbocycles. The molecule has 1 saturated heterocycles. The van der Waals surface area contributed by atoms with Crippen LogP contribution in [0.15, 0.2) is 35.5 Å². The zero-order valence-electron chi connectivity index (χ0n) is 25.9. The first kappa shape index (κ1) is 33.0. The van der Waals surface area contributed by atoms with Crippen LogP contribution in [0.5, 0.6) is 0 Å². The molecule has 12 heteroatoms. The smallest absolute Gasteiger partial charge is 0.231 e. The first-order valence-electron chi connectivity index (χ1n) is 15.8. The van der Waals surface area contributed by atoms with Gasteiger partial charge in [0, 0.05) is 41.2 Å². The van der Waals surface area contributed by atoms with Gasteiger partial charge in [0.1, 0.15) is 5.49 Å². The molecule has 0 bridgehead atoms. The second kappa shape index (κ2) is 14.8. The van der Waals surface area contributed by atoms with Gasteiger partial charge in [0.2, 0.25) is 6.35 Å². The fourth-order valence-electron chi connectivity index (χ4n) is 6.18. The summed E-state index contributed by atoms with van der Waals surface area (Å²) in [6, 6.07) is 7.44. The molecule has 0 radical (unpaired) electrons. The molecule has 242 valence electrons. The van der Waals surface area contributed by atoms with E-state index < -0.39 is 12.2 Å². The van der Waals surface area contributed by atoms with Gasteiger partial charge < -0.3 is 36.5 Å². The van der Waals surface area contributed by atoms with Crippen LogP contribution in [0.1, 0.15) is 81.7 Å². The average molecular weight is 639 g/mol. The van der Waals surface area contributed by atoms with E-state index >= 15 is 4.39 Å². The van der Waals surface area contributed by atoms with E-state index in [1.807, 2.05) is 13.0 Å². The lowest BCUT2D eigenvalue weighted by molar-refractivity contribution is 0.186. The van der Waals surface area contributed by atoms with E-state index in [4.69, 9.17) is 27.7 Å². The third kappa shape index (κ3) is 8.09. The number of benzene rings is 1. The maximum absolute atomic E-state index is 15.2. The number of nitrogens with one attached hydrogen (secondary N) is 4. The number of nitrogens with zero attached hydrogens (tertiary/aromatic N) is 3. The average Bonchev–Trinajstić information content (AvgIpc) is 3.26. The van der Waals surface area contributed by atoms with E-state index in [1.54, 1.807) is 42.4 Å². The Balaban J connectivity index is 1.39. The van der Waals surface area contributed by atoms with Gasteiger partial charge in [-0.15, -0.1) is 0 Å². The van der Waals surface area contributed by atoms with Crippen LogP contribution in [0.25, 0.3) is 17.5 Å². The van der Waals surface area contributed by atoms with Crippen LogP contribution in [0.2, 0.25) is 5.02 Å². The van der Waals surface area contributed by atoms with Gasteiger partial charge in [0.25, 0.3) is 0 Å². The van der Waals surface area contributed by atoms with E-state index in [0.717, 1.165) is 69.2 Å². The Morgan fingerprint density at radius 3 is 2.82 bits per heavy atom. The third-order valence-corrected chi connectivity index (χ3v) is 8.78. The number of aliphatic hydroxyl groups excluding tert-OH is 2. The van der Waals surface area contributed by atoms with Gasteiger partial charge >= 0.3 is 0 Å². The molecule has 5 rings (SSSR count). The zero-order chi connectivity index (χ0) is 32.1. The van der Waals surface area contributed by atoms with E-state index in [9.17, 15) is 10.2 Å². The standard InChI is InChI=1S/C33H44ClFN8O2/c1-19(36)6-5-7-21-12-26(30(35)27(34)13-21)29-15-22-17-43(33(45)42-32(22)41-29)25-14-23(18-44)31(39-16-25)28-9-4-3-8-24(40-28)10-11-38-20(2)37/h12-17,19,24,28,33,40,44-45H,3-11,18,36H2,1-2H3,(H2,37,38)(H,41,42)/t19-,24-,28-,33?/m0/s1. The van der Waals surface area contributed by atoms with Crippen LogP contribution in [0.4, 0.5) is 10.1 Å². The van der Waals surface area contributed by atoms with Crippen molar-refractivity contribution in [3.63, 3.8) is 0 Å². The van der Waals surface area contributed by atoms with Crippen molar-refractivity contribution in [3.05, 3.63) is 68.8 Å². The number of amidine groups is 1. The highest BCUT2D eigenvalue weighted by molar-refractivity contribution is 6.31. The van der Waals surface area contributed by atoms with Crippen LogP contribution >= 0.6 is 11.6 Å². The summed E-state index contributed by atoms with van der Waals surface area (Å²) < 4.78 is 15.2. The van der Waals surface area contributed by atoms with Crippen LogP contribution in [-0.2, 0) is 13.0 Å². The summed E-state index contributed by atoms with van der Waals surface area (Å²) in [5.74, 6) is -0.0626. The normalized spacial score (nSPS) is 20.5. The van der Waals surface area contributed by atoms with Gasteiger partial charge in [-0.05, 0) is 82.2 Å². The number of rotatable bonds is 11. The summed E-state index contributed by atoms with van der Waals surface area (Å²) in [5, 5.41) is 36.5. The predicted molar refractivity (Wildman–Crippen MR) is 176 cm³/mol. The SMILES string of the molecule is CC(=N)NCC[C@@H]1CCCC[C@@H](c2ncc(N3C=c4cc(-c5cc(CCC[C@H](C)N)cc(Cl)c5F)[nH]c4=NC3O)cc2CO)N1. The Hall–Kier alpha value is -3.35. The first-order valence-corrected chi connectivity index (χ1v) is 16.1. The third-order valence-electron chi connectivity index (χ3n) is 8.50. The van der Waals surface area contributed by atoms with Crippen LogP contribution < -0.4 is 32.0 Å². The van der Waals surface area contributed by atoms with Crippen molar-refractivity contribution in [3.8, 4) is 11.3 Å². The van der Waals surface area contributed by atoms with Gasteiger partial charge in [0.15, 0.2) is 5.82 Å². The van der Waals surface area contributed by atoms with Crippen LogP contribution in [0.3, 0.4) is 0 Å². The number of hydrogen-bond donors (Lipinski definition) is 7. The summed E-state index contributed by atoms with van der Waals surface area (Å²) in [6.45, 7) is 4.23. The number of aliphatic hydroxyl groups is 2. The lowest BCUT2D eigenvalue weighted by Crippen LogP contribution is -2.41. The fraction of sp³-hybridized carbons (Fsp3) is 0.485. The minimum Gasteiger partial charge on any atom is -0.392 e. The van der Waals surface area contributed by atoms with Crippen molar-refractivity contribution in [2.45, 2.75) is 96.3 Å². The summed E-state index contributed by atoms with van der Waals surface area (Å²) in [7, 11) is 0. The van der Waals surface area contributed by atoms with Crippen molar-refractivity contribution < 1.29 is 14.6 Å². The monoisotopic (exact) mass is 638 g/mol. The quantitative estimate of drug-likeness (QED) is 0.124. The predicted octanol–water partition coefficient (Wildman–Crippen LogP) is 3.74. The molecule has 2 aliphatic rings. The molecule has 1 aromatic carbocycles. The number of nitrogens with two attached hydrogens (primary N) is 1. The zero-order valence-corrected chi connectivity index (χ0v) is 26.7. The summed E-state index contributed by atoms with van der Waals surface area (Å²) in [4.78, 5) is 13.9. The number of fused-ring (bicyclic) bond motifs is 1. The van der Waals surface area contributed by atoms with E-state index in [2.05, 4.69) is 20.6 Å². The molecule has 1 fully saturated rings. The van der Waals surface area contributed by atoms with Gasteiger partial charge in [-0.2, -0.15) is 0 Å². The Kier molecular flexibility index (Phi) is 10.9. The lowest BCUT2D eigenvalue weighted by Gasteiger charge is -2.27. The van der Waals surface area contributed by atoms with Crippen molar-refractivity contribution >= 4 is 29.3 Å². The second-order valence-corrected chi connectivity index (χ2v) is 12.7. The highest BCUT2D eigenvalue weighted by atomic mass is 35.5. The molecule has 0 spiro atoms. The van der Waals surface area contributed by atoms with Crippen molar-refractivity contribution in [2.24, 2.45) is 10.7 Å². The molecule has 2 aromatic heterocycles. The highest BCUT2D eigenvalue weighted by Crippen LogP contribution is 2.31. The number of halogens is 2. The van der Waals surface area contributed by atoms with E-state index in [-0.39, 0.29) is 29.8 Å². The van der Waals surface area contributed by atoms with Gasteiger partial charge in [-0.1, -0.05) is 24.4 Å². The van der Waals surface area contributed by atoms with E-state index in [1.165, 1.54) is 0 Å². The summed E-state index contributed by atoms with van der Waals surface area (Å²) in [6.07, 6.45) is 9.66. The van der Waals surface area contributed by atoms with E-state index in [0.29, 0.717) is 39.1 Å². The number of hydrogen-bond acceptors (Lipinski definition) is 8. The van der Waals surface area contributed by atoms with Gasteiger partial charge in [0.05, 0.1) is 46.8 Å². The minimum absolute atomic E-state index is 0.00949. The molecule has 0 amide bonds. The number of aryl methyl sites for hydroxylation is 1. The number of anilines is 1. The molecule has 10 nitrogen and oxygen atoms in total. The molecule has 2 aliphatic heterocycles. The van der Waals surface area contributed by atoms with Gasteiger partial charge in [-0.25, -0.2) is 9.38 Å². The molecular formula is C33H44ClFN8O2. The Labute approximate surface area is 268 Å². The molecular weight excluding hydrogens is 595 g/mol. The Morgan fingerprint density at radius 2 is 2.07 bits per heavy atom. The van der Waals surface area contributed by atoms with Crippen LogP contribution in [0, 0.1) is 11.2 Å². The summed E-state index contributed by atoms with van der Waals surface area (Å²) >= 11 is 6.28. The minimum atomic E-state index is -1.24. The molecule has 4 heterocycles. The molecule has 45 heavy (non-hydrogen) atoms. The van der Waals surface area contributed by atoms with Crippen molar-refractivity contribution in [2.75, 3.05) is 11.4 Å². The largest absolute Gasteiger partial charge is 0.392 e. The highest BCUT2D eigenvalue weighted by Gasteiger charge is 2.26. The molecule has 0 saturated carbocycles. The maximum Gasteiger partial charge on any atom is 0.231 e. The topological polar surface area (TPSA) is 159 Å². The second-order valence-electron chi connectivity index (χ2n) is 12.2. The maximum atomic E-state index is 15.2. The number of H-pyrrole nitrogens is 1. The van der Waals surface area contributed by atoms with Crippen LogP contribution in [-0.4, -0.2) is 51.0 Å². The molecule has 1 unspecified atom stereocenters. The number of pyridine rings is 1. The molecule has 3 aromatic rings. The number of aromatic amines is 1. The molecule has 4 atom stereocenters. The fourth-order valence-corrected chi connectivity index (χ4v) is 6.43. The number of aromatic nitrogens is 2. The lowest BCUT2D eigenvalue weighted by atomic mass is 10.0. The Bertz CT molecular complexity index is 1630. The van der Waals surface area contributed by atoms with Crippen molar-refractivity contribution in [1.82, 2.24) is 20.6 Å². The van der Waals surface area contributed by atoms with Gasteiger partial charge in [-0.3, -0.25) is 10.4 Å². The van der Waals surface area contributed by atoms with Crippen molar-refractivity contribution in [1.29, 1.82) is 5.41 Å². The molecule has 8 N–H and O–H groups in total. The summed E-state index contributed by atoms with van der Waals surface area (Å²) in [5.41, 5.74) is 10.1.